The van der Waals surface area contributed by atoms with E-state index in [0.717, 1.165) is 0 Å². The minimum Gasteiger partial charge on any atom is -0.504 e. The van der Waals surface area contributed by atoms with Crippen molar-refractivity contribution in [3.8, 4) is 11.5 Å². The van der Waals surface area contributed by atoms with Crippen LogP contribution in [0, 0.1) is 0 Å². The fourth-order valence-electron chi connectivity index (χ4n) is 1.44. The van der Waals surface area contributed by atoms with E-state index in [2.05, 4.69) is 0 Å². The Morgan fingerprint density at radius 3 is 2.75 bits per heavy atom. The number of hydrogen-bond donors (Lipinski definition) is 2. The van der Waals surface area contributed by atoms with E-state index in [9.17, 15) is 9.90 Å². The van der Waals surface area contributed by atoms with E-state index in [1.165, 1.54) is 7.11 Å². The zero-order valence-corrected chi connectivity index (χ0v) is 9.30. The lowest BCUT2D eigenvalue weighted by Gasteiger charge is -2.15. The molecular formula is C11H15NO4. The van der Waals surface area contributed by atoms with Crippen LogP contribution in [0.3, 0.4) is 0 Å². The molecule has 0 unspecified atom stereocenters. The molecule has 5 heteroatoms. The highest BCUT2D eigenvalue weighted by molar-refractivity contribution is 5.69. The summed E-state index contributed by atoms with van der Waals surface area (Å²) in [6.45, 7) is 0.284. The van der Waals surface area contributed by atoms with Crippen molar-refractivity contribution in [2.75, 3.05) is 20.7 Å². The van der Waals surface area contributed by atoms with Crippen LogP contribution in [0.15, 0.2) is 18.2 Å². The van der Waals surface area contributed by atoms with Gasteiger partial charge in [0.15, 0.2) is 11.5 Å². The van der Waals surface area contributed by atoms with Gasteiger partial charge in [0.2, 0.25) is 0 Å². The number of rotatable bonds is 5. The van der Waals surface area contributed by atoms with Crippen molar-refractivity contribution in [1.82, 2.24) is 4.90 Å². The smallest absolute Gasteiger partial charge is 0.317 e. The maximum absolute atomic E-state index is 10.5. The van der Waals surface area contributed by atoms with Gasteiger partial charge in [-0.1, -0.05) is 12.1 Å². The zero-order chi connectivity index (χ0) is 12.1. The molecule has 0 aromatic heterocycles. The van der Waals surface area contributed by atoms with E-state index in [0.29, 0.717) is 17.9 Å². The van der Waals surface area contributed by atoms with Gasteiger partial charge in [-0.3, -0.25) is 9.69 Å². The number of carboxylic acids is 1. The van der Waals surface area contributed by atoms with Crippen molar-refractivity contribution in [3.05, 3.63) is 23.8 Å². The number of likely N-dealkylation sites (N-methyl/N-ethyl adjacent to an activating group) is 1. The van der Waals surface area contributed by atoms with E-state index < -0.39 is 5.97 Å². The Labute approximate surface area is 93.9 Å². The molecule has 0 amide bonds. The molecule has 0 saturated carbocycles. The summed E-state index contributed by atoms with van der Waals surface area (Å²) in [6.07, 6.45) is 0. The number of benzene rings is 1. The third kappa shape index (κ3) is 3.13. The van der Waals surface area contributed by atoms with Gasteiger partial charge in [0.05, 0.1) is 13.7 Å². The van der Waals surface area contributed by atoms with Gasteiger partial charge in [-0.2, -0.15) is 0 Å². The molecule has 16 heavy (non-hydrogen) atoms. The van der Waals surface area contributed by atoms with E-state index in [1.807, 2.05) is 0 Å². The molecule has 0 aliphatic heterocycles. The first-order valence-electron chi connectivity index (χ1n) is 4.79. The molecule has 0 heterocycles. The van der Waals surface area contributed by atoms with Crippen molar-refractivity contribution in [1.29, 1.82) is 0 Å². The predicted octanol–water partition coefficient (Wildman–Crippen LogP) is 0.917. The predicted molar refractivity (Wildman–Crippen MR) is 58.6 cm³/mol. The average molecular weight is 225 g/mol. The quantitative estimate of drug-likeness (QED) is 0.779. The zero-order valence-electron chi connectivity index (χ0n) is 9.30. The lowest BCUT2D eigenvalue weighted by atomic mass is 10.1. The molecule has 0 fully saturated rings. The highest BCUT2D eigenvalue weighted by Gasteiger charge is 2.11. The second-order valence-electron chi connectivity index (χ2n) is 3.53. The number of ether oxygens (including phenoxy) is 1. The van der Waals surface area contributed by atoms with Crippen LogP contribution < -0.4 is 4.74 Å². The first-order valence-corrected chi connectivity index (χ1v) is 4.79. The number of carbonyl (C=O) groups is 1. The Bertz CT molecular complexity index is 378. The van der Waals surface area contributed by atoms with E-state index >= 15 is 0 Å². The molecule has 0 bridgehead atoms. The summed E-state index contributed by atoms with van der Waals surface area (Å²) in [7, 11) is 3.15. The van der Waals surface area contributed by atoms with E-state index in [4.69, 9.17) is 9.84 Å². The molecule has 5 nitrogen and oxygen atoms in total. The molecule has 1 aromatic carbocycles. The number of phenolic OH excluding ortho intramolecular Hbond substituents is 1. The Morgan fingerprint density at radius 1 is 1.50 bits per heavy atom. The number of para-hydroxylation sites is 1. The fourth-order valence-corrected chi connectivity index (χ4v) is 1.44. The number of carboxylic acid groups (broad SMARTS) is 1. The highest BCUT2D eigenvalue weighted by Crippen LogP contribution is 2.29. The van der Waals surface area contributed by atoms with Crippen LogP contribution in [0.25, 0.3) is 0 Å². The van der Waals surface area contributed by atoms with Gasteiger partial charge >= 0.3 is 5.97 Å². The van der Waals surface area contributed by atoms with Crippen LogP contribution in [-0.4, -0.2) is 41.8 Å². The summed E-state index contributed by atoms with van der Waals surface area (Å²) in [5.74, 6) is -0.451. The summed E-state index contributed by atoms with van der Waals surface area (Å²) in [6, 6.07) is 5.13. The van der Waals surface area contributed by atoms with Crippen molar-refractivity contribution < 1.29 is 19.7 Å². The van der Waals surface area contributed by atoms with Crippen molar-refractivity contribution in [3.63, 3.8) is 0 Å². The standard InChI is InChI=1S/C11H15NO4/c1-12(7-10(13)14)6-8-4-3-5-9(16-2)11(8)15/h3-5,15H,6-7H2,1-2H3,(H,13,14). The molecule has 1 aromatic rings. The SMILES string of the molecule is COc1cccc(CN(C)CC(=O)O)c1O. The Balaban J connectivity index is 2.77. The lowest BCUT2D eigenvalue weighted by Crippen LogP contribution is -2.25. The Hall–Kier alpha value is -1.75. The molecule has 1 rings (SSSR count). The van der Waals surface area contributed by atoms with Crippen LogP contribution >= 0.6 is 0 Å². The van der Waals surface area contributed by atoms with Crippen LogP contribution in [0.1, 0.15) is 5.56 Å². The van der Waals surface area contributed by atoms with Gasteiger partial charge in [0, 0.05) is 12.1 Å². The number of aliphatic carboxylic acids is 1. The highest BCUT2D eigenvalue weighted by atomic mass is 16.5. The summed E-state index contributed by atoms with van der Waals surface area (Å²) in [5.41, 5.74) is 0.642. The molecular weight excluding hydrogens is 210 g/mol. The molecule has 0 aliphatic carbocycles. The van der Waals surface area contributed by atoms with Crippen LogP contribution in [0.4, 0.5) is 0 Å². The van der Waals surface area contributed by atoms with Gasteiger partial charge in [-0.05, 0) is 13.1 Å². The van der Waals surface area contributed by atoms with Crippen LogP contribution in [0.2, 0.25) is 0 Å². The monoisotopic (exact) mass is 225 g/mol. The topological polar surface area (TPSA) is 70.0 Å². The number of hydrogen-bond acceptors (Lipinski definition) is 4. The molecule has 88 valence electrons. The molecule has 0 saturated heterocycles. The summed E-state index contributed by atoms with van der Waals surface area (Å²) in [5, 5.41) is 18.4. The fraction of sp³-hybridized carbons (Fsp3) is 0.364. The molecule has 0 atom stereocenters. The lowest BCUT2D eigenvalue weighted by molar-refractivity contribution is -0.138. The largest absolute Gasteiger partial charge is 0.504 e. The number of phenols is 1. The van der Waals surface area contributed by atoms with Crippen LogP contribution in [0.5, 0.6) is 11.5 Å². The molecule has 0 aliphatic rings. The van der Waals surface area contributed by atoms with Gasteiger partial charge in [0.1, 0.15) is 0 Å². The Kier molecular flexibility index (Phi) is 4.13. The minimum absolute atomic E-state index is 0.0576. The second kappa shape index (κ2) is 5.37. The van der Waals surface area contributed by atoms with Gasteiger partial charge in [-0.15, -0.1) is 0 Å². The number of aromatic hydroxyl groups is 1. The van der Waals surface area contributed by atoms with Gasteiger partial charge in [-0.25, -0.2) is 0 Å². The normalized spacial score (nSPS) is 10.4. The number of nitrogens with zero attached hydrogens (tertiary/aromatic N) is 1. The summed E-state index contributed by atoms with van der Waals surface area (Å²) >= 11 is 0. The minimum atomic E-state index is -0.898. The maximum atomic E-state index is 10.5. The Morgan fingerprint density at radius 2 is 2.19 bits per heavy atom. The third-order valence-electron chi connectivity index (χ3n) is 2.15. The van der Waals surface area contributed by atoms with Gasteiger partial charge in [0.25, 0.3) is 0 Å². The number of methoxy groups -OCH3 is 1. The van der Waals surface area contributed by atoms with Crippen molar-refractivity contribution in [2.24, 2.45) is 0 Å². The summed E-state index contributed by atoms with van der Waals surface area (Å²) < 4.78 is 4.96. The second-order valence-corrected chi connectivity index (χ2v) is 3.53. The van der Waals surface area contributed by atoms with Crippen molar-refractivity contribution in [2.45, 2.75) is 6.54 Å². The van der Waals surface area contributed by atoms with Gasteiger partial charge < -0.3 is 14.9 Å². The molecule has 0 radical (unpaired) electrons. The third-order valence-corrected chi connectivity index (χ3v) is 2.15. The van der Waals surface area contributed by atoms with Crippen molar-refractivity contribution >= 4 is 5.97 Å². The van der Waals surface area contributed by atoms with Crippen LogP contribution in [-0.2, 0) is 11.3 Å². The molecule has 2 N–H and O–H groups in total. The maximum Gasteiger partial charge on any atom is 0.317 e. The first kappa shape index (κ1) is 12.3. The summed E-state index contributed by atoms with van der Waals surface area (Å²) in [4.78, 5) is 12.1. The molecule has 0 spiro atoms. The van der Waals surface area contributed by atoms with E-state index in [1.54, 1.807) is 30.1 Å². The van der Waals surface area contributed by atoms with E-state index in [-0.39, 0.29) is 12.3 Å². The average Bonchev–Trinajstić information content (AvgIpc) is 2.20. The first-order chi connectivity index (χ1) is 7.54.